The van der Waals surface area contributed by atoms with Crippen molar-refractivity contribution in [3.05, 3.63) is 72.6 Å². The number of nitrogens with two attached hydrogens (primary N) is 1. The van der Waals surface area contributed by atoms with Crippen LogP contribution in [0.1, 0.15) is 5.56 Å². The highest BCUT2D eigenvalue weighted by Gasteiger charge is 2.06. The SMILES string of the molecule is Nc1ccccc1CCn1ccnc1-c1ccccc1. The molecule has 0 aliphatic rings. The van der Waals surface area contributed by atoms with Crippen molar-refractivity contribution >= 4 is 5.69 Å². The molecule has 0 saturated heterocycles. The first-order chi connectivity index (χ1) is 9.84. The van der Waals surface area contributed by atoms with Gasteiger partial charge in [0.25, 0.3) is 0 Å². The predicted molar refractivity (Wildman–Crippen MR) is 82.2 cm³/mol. The Labute approximate surface area is 118 Å². The van der Waals surface area contributed by atoms with E-state index in [0.717, 1.165) is 30.0 Å². The molecule has 0 aliphatic carbocycles. The van der Waals surface area contributed by atoms with Gasteiger partial charge in [-0.25, -0.2) is 4.98 Å². The highest BCUT2D eigenvalue weighted by molar-refractivity contribution is 5.55. The number of benzene rings is 2. The van der Waals surface area contributed by atoms with Gasteiger partial charge in [-0.1, -0.05) is 48.5 Å². The molecule has 0 radical (unpaired) electrons. The van der Waals surface area contributed by atoms with Crippen molar-refractivity contribution < 1.29 is 0 Å². The molecule has 0 saturated carbocycles. The number of aryl methyl sites for hydroxylation is 2. The molecule has 0 amide bonds. The quantitative estimate of drug-likeness (QED) is 0.733. The summed E-state index contributed by atoms with van der Waals surface area (Å²) in [4.78, 5) is 4.45. The summed E-state index contributed by atoms with van der Waals surface area (Å²) in [6.07, 6.45) is 4.76. The van der Waals surface area contributed by atoms with Crippen molar-refractivity contribution in [2.45, 2.75) is 13.0 Å². The van der Waals surface area contributed by atoms with E-state index in [1.165, 1.54) is 5.56 Å². The van der Waals surface area contributed by atoms with Gasteiger partial charge in [-0.05, 0) is 18.1 Å². The lowest BCUT2D eigenvalue weighted by molar-refractivity contribution is 0.704. The Morgan fingerprint density at radius 3 is 2.50 bits per heavy atom. The summed E-state index contributed by atoms with van der Waals surface area (Å²) in [5.41, 5.74) is 9.16. The maximum Gasteiger partial charge on any atom is 0.139 e. The fourth-order valence-corrected chi connectivity index (χ4v) is 2.34. The minimum atomic E-state index is 0.855. The van der Waals surface area contributed by atoms with E-state index in [0.29, 0.717) is 0 Å². The highest BCUT2D eigenvalue weighted by Crippen LogP contribution is 2.18. The van der Waals surface area contributed by atoms with E-state index >= 15 is 0 Å². The Morgan fingerprint density at radius 2 is 1.70 bits per heavy atom. The van der Waals surface area contributed by atoms with Crippen molar-refractivity contribution in [3.8, 4) is 11.4 Å². The molecule has 0 aliphatic heterocycles. The van der Waals surface area contributed by atoms with Gasteiger partial charge in [-0.3, -0.25) is 0 Å². The van der Waals surface area contributed by atoms with Crippen molar-refractivity contribution in [3.63, 3.8) is 0 Å². The van der Waals surface area contributed by atoms with Gasteiger partial charge in [-0.15, -0.1) is 0 Å². The Balaban J connectivity index is 1.80. The van der Waals surface area contributed by atoms with Crippen LogP contribution in [0.4, 0.5) is 5.69 Å². The Morgan fingerprint density at radius 1 is 0.950 bits per heavy atom. The van der Waals surface area contributed by atoms with Crippen LogP contribution in [0.15, 0.2) is 67.0 Å². The molecule has 0 fully saturated rings. The second-order valence-corrected chi connectivity index (χ2v) is 4.76. The van der Waals surface area contributed by atoms with Crippen LogP contribution >= 0.6 is 0 Å². The number of rotatable bonds is 4. The van der Waals surface area contributed by atoms with E-state index in [2.05, 4.69) is 27.8 Å². The summed E-state index contributed by atoms with van der Waals surface area (Å²) in [5, 5.41) is 0. The van der Waals surface area contributed by atoms with E-state index in [9.17, 15) is 0 Å². The largest absolute Gasteiger partial charge is 0.399 e. The second-order valence-electron chi connectivity index (χ2n) is 4.76. The molecule has 0 spiro atoms. The van der Waals surface area contributed by atoms with Crippen LogP contribution in [0.5, 0.6) is 0 Å². The van der Waals surface area contributed by atoms with Crippen LogP contribution in [-0.4, -0.2) is 9.55 Å². The van der Waals surface area contributed by atoms with E-state index < -0.39 is 0 Å². The van der Waals surface area contributed by atoms with Crippen LogP contribution in [-0.2, 0) is 13.0 Å². The summed E-state index contributed by atoms with van der Waals surface area (Å²) >= 11 is 0. The lowest BCUT2D eigenvalue weighted by Crippen LogP contribution is -2.04. The van der Waals surface area contributed by atoms with Crippen LogP contribution in [0.25, 0.3) is 11.4 Å². The number of nitrogens with zero attached hydrogens (tertiary/aromatic N) is 2. The van der Waals surface area contributed by atoms with Crippen LogP contribution in [0.3, 0.4) is 0 Å². The zero-order valence-electron chi connectivity index (χ0n) is 11.2. The topological polar surface area (TPSA) is 43.8 Å². The second kappa shape index (κ2) is 5.61. The first-order valence-corrected chi connectivity index (χ1v) is 6.74. The number of hydrogen-bond donors (Lipinski definition) is 1. The molecule has 1 aromatic heterocycles. The smallest absolute Gasteiger partial charge is 0.139 e. The first kappa shape index (κ1) is 12.5. The summed E-state index contributed by atoms with van der Waals surface area (Å²) < 4.78 is 2.17. The van der Waals surface area contributed by atoms with E-state index in [1.54, 1.807) is 0 Å². The minimum Gasteiger partial charge on any atom is -0.399 e. The van der Waals surface area contributed by atoms with E-state index in [-0.39, 0.29) is 0 Å². The summed E-state index contributed by atoms with van der Waals surface area (Å²) in [5.74, 6) is 1.00. The lowest BCUT2D eigenvalue weighted by atomic mass is 10.1. The fourth-order valence-electron chi connectivity index (χ4n) is 2.34. The summed E-state index contributed by atoms with van der Waals surface area (Å²) in [6, 6.07) is 18.2. The van der Waals surface area contributed by atoms with Crippen molar-refractivity contribution in [1.29, 1.82) is 0 Å². The average Bonchev–Trinajstić information content (AvgIpc) is 2.96. The lowest BCUT2D eigenvalue weighted by Gasteiger charge is -2.09. The molecular weight excluding hydrogens is 246 g/mol. The molecule has 3 rings (SSSR count). The molecule has 20 heavy (non-hydrogen) atoms. The molecule has 1 heterocycles. The number of aromatic nitrogens is 2. The number of hydrogen-bond acceptors (Lipinski definition) is 2. The van der Waals surface area contributed by atoms with E-state index in [1.807, 2.05) is 48.8 Å². The maximum atomic E-state index is 5.98. The number of imidazole rings is 1. The van der Waals surface area contributed by atoms with Gasteiger partial charge in [-0.2, -0.15) is 0 Å². The molecule has 2 aromatic carbocycles. The van der Waals surface area contributed by atoms with Crippen molar-refractivity contribution in [1.82, 2.24) is 9.55 Å². The van der Waals surface area contributed by atoms with Gasteiger partial charge >= 0.3 is 0 Å². The molecule has 3 heteroatoms. The first-order valence-electron chi connectivity index (χ1n) is 6.74. The van der Waals surface area contributed by atoms with Crippen LogP contribution in [0, 0.1) is 0 Å². The zero-order chi connectivity index (χ0) is 13.8. The monoisotopic (exact) mass is 263 g/mol. The van der Waals surface area contributed by atoms with Crippen molar-refractivity contribution in [2.75, 3.05) is 5.73 Å². The molecule has 100 valence electrons. The number of para-hydroxylation sites is 1. The van der Waals surface area contributed by atoms with Crippen LogP contribution in [0.2, 0.25) is 0 Å². The van der Waals surface area contributed by atoms with Gasteiger partial charge in [0.2, 0.25) is 0 Å². The molecule has 0 bridgehead atoms. The van der Waals surface area contributed by atoms with Gasteiger partial charge in [0.05, 0.1) is 0 Å². The Bertz CT molecular complexity index is 686. The molecular formula is C17H17N3. The minimum absolute atomic E-state index is 0.855. The van der Waals surface area contributed by atoms with Gasteiger partial charge in [0, 0.05) is 30.2 Å². The Hall–Kier alpha value is -2.55. The third kappa shape index (κ3) is 2.57. The molecule has 0 atom stereocenters. The zero-order valence-corrected chi connectivity index (χ0v) is 11.2. The van der Waals surface area contributed by atoms with E-state index in [4.69, 9.17) is 5.73 Å². The summed E-state index contributed by atoms with van der Waals surface area (Å²) in [6.45, 7) is 0.873. The van der Waals surface area contributed by atoms with Gasteiger partial charge in [0.1, 0.15) is 5.82 Å². The number of anilines is 1. The van der Waals surface area contributed by atoms with Gasteiger partial charge < -0.3 is 10.3 Å². The third-order valence-corrected chi connectivity index (χ3v) is 3.42. The molecule has 3 aromatic rings. The normalized spacial score (nSPS) is 10.6. The molecule has 2 N–H and O–H groups in total. The molecule has 3 nitrogen and oxygen atoms in total. The summed E-state index contributed by atoms with van der Waals surface area (Å²) in [7, 11) is 0. The number of nitrogen functional groups attached to an aromatic ring is 1. The average molecular weight is 263 g/mol. The fraction of sp³-hybridized carbons (Fsp3) is 0.118. The van der Waals surface area contributed by atoms with Crippen LogP contribution < -0.4 is 5.73 Å². The Kier molecular flexibility index (Phi) is 3.50. The van der Waals surface area contributed by atoms with Crippen molar-refractivity contribution in [2.24, 2.45) is 0 Å². The standard InChI is InChI=1S/C17H17N3/c18-16-9-5-4-6-14(16)10-12-20-13-11-19-17(20)15-7-2-1-3-8-15/h1-9,11,13H,10,12,18H2. The maximum absolute atomic E-state index is 5.98. The van der Waals surface area contributed by atoms with Gasteiger partial charge in [0.15, 0.2) is 0 Å². The molecule has 0 unspecified atom stereocenters. The third-order valence-electron chi connectivity index (χ3n) is 3.42. The predicted octanol–water partition coefficient (Wildman–Crippen LogP) is 3.38. The highest BCUT2D eigenvalue weighted by atomic mass is 15.1.